The predicted octanol–water partition coefficient (Wildman–Crippen LogP) is 4.32. The van der Waals surface area contributed by atoms with Gasteiger partial charge in [-0.25, -0.2) is 13.4 Å². The molecule has 40 heavy (non-hydrogen) atoms. The maximum Gasteiger partial charge on any atom is 0.266 e. The normalized spacial score (nSPS) is 18.0. The van der Waals surface area contributed by atoms with Crippen LogP contribution in [0.1, 0.15) is 40.8 Å². The molecule has 5 rings (SSSR count). The fourth-order valence-electron chi connectivity index (χ4n) is 4.83. The number of halogens is 1. The Bertz CT molecular complexity index is 1660. The van der Waals surface area contributed by atoms with Crippen LogP contribution >= 0.6 is 11.6 Å². The highest BCUT2D eigenvalue weighted by molar-refractivity contribution is 7.92. The molecule has 1 fully saturated rings. The molecule has 9 nitrogen and oxygen atoms in total. The number of benzene rings is 3. The number of amides is 2. The highest BCUT2D eigenvalue weighted by atomic mass is 35.5. The molecule has 11 heteroatoms. The van der Waals surface area contributed by atoms with E-state index in [0.717, 1.165) is 0 Å². The number of ketones is 1. The molecule has 1 N–H and O–H groups in total. The van der Waals surface area contributed by atoms with Crippen molar-refractivity contribution in [3.8, 4) is 0 Å². The molecule has 1 aromatic heterocycles. The summed E-state index contributed by atoms with van der Waals surface area (Å²) in [7, 11) is -3.86. The first-order valence-electron chi connectivity index (χ1n) is 12.7. The van der Waals surface area contributed by atoms with Crippen molar-refractivity contribution in [3.63, 3.8) is 0 Å². The lowest BCUT2D eigenvalue weighted by atomic mass is 10.1. The summed E-state index contributed by atoms with van der Waals surface area (Å²) < 4.78 is 32.5. The van der Waals surface area contributed by atoms with Crippen molar-refractivity contribution >= 4 is 50.1 Å². The maximum absolute atomic E-state index is 13.6. The smallest absolute Gasteiger partial charge is 0.266 e. The van der Waals surface area contributed by atoms with Crippen LogP contribution in [0.25, 0.3) is 11.1 Å². The van der Waals surface area contributed by atoms with Gasteiger partial charge in [0.2, 0.25) is 11.7 Å². The Labute approximate surface area is 236 Å². The zero-order chi connectivity index (χ0) is 28.4. The monoisotopic (exact) mass is 579 g/mol. The van der Waals surface area contributed by atoms with Gasteiger partial charge in [-0.05, 0) is 55.3 Å². The molecule has 0 bridgehead atoms. The molecule has 3 aromatic carbocycles. The zero-order valence-electron chi connectivity index (χ0n) is 21.5. The van der Waals surface area contributed by atoms with E-state index in [1.54, 1.807) is 67.6 Å². The molecule has 0 spiro atoms. The molecule has 2 amide bonds. The van der Waals surface area contributed by atoms with Gasteiger partial charge in [0.1, 0.15) is 11.6 Å². The van der Waals surface area contributed by atoms with Gasteiger partial charge < -0.3 is 14.6 Å². The van der Waals surface area contributed by atoms with Crippen LogP contribution in [-0.2, 0) is 14.6 Å². The van der Waals surface area contributed by atoms with Crippen molar-refractivity contribution in [2.75, 3.05) is 6.54 Å². The van der Waals surface area contributed by atoms with Crippen LogP contribution in [0.2, 0.25) is 5.02 Å². The van der Waals surface area contributed by atoms with Crippen molar-refractivity contribution < 1.29 is 27.2 Å². The summed E-state index contributed by atoms with van der Waals surface area (Å²) in [6.45, 7) is 1.52. The number of Topliss-reactive ketones (excluding diaryl/α,β-unsaturated/α-hetero) is 1. The van der Waals surface area contributed by atoms with E-state index in [9.17, 15) is 22.8 Å². The van der Waals surface area contributed by atoms with Crippen LogP contribution in [0.15, 0.2) is 88.2 Å². The van der Waals surface area contributed by atoms with Gasteiger partial charge in [0.05, 0.1) is 16.2 Å². The van der Waals surface area contributed by atoms with Gasteiger partial charge in [-0.1, -0.05) is 54.9 Å². The minimum absolute atomic E-state index is 0.105. The summed E-state index contributed by atoms with van der Waals surface area (Å²) in [5.41, 5.74) is 1.17. The Kier molecular flexibility index (Phi) is 7.73. The van der Waals surface area contributed by atoms with Crippen LogP contribution in [0.5, 0.6) is 0 Å². The first-order valence-corrected chi connectivity index (χ1v) is 14.7. The molecule has 0 aliphatic carbocycles. The highest BCUT2D eigenvalue weighted by Gasteiger charge is 2.46. The number of carbonyl (C=O) groups is 3. The number of carbonyl (C=O) groups excluding carboxylic acids is 3. The van der Waals surface area contributed by atoms with E-state index >= 15 is 0 Å². The van der Waals surface area contributed by atoms with Crippen LogP contribution in [0, 0.1) is 0 Å². The van der Waals surface area contributed by atoms with Crippen molar-refractivity contribution in [2.24, 2.45) is 0 Å². The van der Waals surface area contributed by atoms with Gasteiger partial charge >= 0.3 is 0 Å². The molecule has 0 saturated carbocycles. The van der Waals surface area contributed by atoms with Crippen molar-refractivity contribution in [1.82, 2.24) is 15.2 Å². The number of aromatic nitrogens is 1. The summed E-state index contributed by atoms with van der Waals surface area (Å²) >= 11 is 6.09. The second kappa shape index (κ2) is 11.2. The SMILES string of the molecule is CCC(NC(=O)[C@@H]1C[C@@H](S(=O)(=O)c2ccccc2)CN1C(=O)c1cccc(Cl)c1)C(=O)c1nc2ccccc2o1. The van der Waals surface area contributed by atoms with Crippen LogP contribution in [0.4, 0.5) is 0 Å². The number of oxazole rings is 1. The van der Waals surface area contributed by atoms with Crippen LogP contribution < -0.4 is 5.32 Å². The molecule has 1 aliphatic heterocycles. The molecular formula is C29H26ClN3O6S. The Hall–Kier alpha value is -4.02. The topological polar surface area (TPSA) is 127 Å². The van der Waals surface area contributed by atoms with Gasteiger partial charge in [0.15, 0.2) is 15.4 Å². The second-order valence-corrected chi connectivity index (χ2v) is 12.2. The molecule has 1 unspecified atom stereocenters. The summed E-state index contributed by atoms with van der Waals surface area (Å²) in [6.07, 6.45) is 0.0902. The Morgan fingerprint density at radius 1 is 1.05 bits per heavy atom. The fraction of sp³-hybridized carbons (Fsp3) is 0.241. The summed E-state index contributed by atoms with van der Waals surface area (Å²) in [6, 6.07) is 18.9. The number of nitrogens with one attached hydrogen (secondary N) is 1. The van der Waals surface area contributed by atoms with E-state index < -0.39 is 44.8 Å². The van der Waals surface area contributed by atoms with E-state index in [1.807, 2.05) is 0 Å². The van der Waals surface area contributed by atoms with Crippen LogP contribution in [0.3, 0.4) is 0 Å². The summed E-state index contributed by atoms with van der Waals surface area (Å²) in [5, 5.41) is 2.01. The zero-order valence-corrected chi connectivity index (χ0v) is 23.1. The van der Waals surface area contributed by atoms with Gasteiger partial charge in [0, 0.05) is 17.1 Å². The largest absolute Gasteiger partial charge is 0.434 e. The van der Waals surface area contributed by atoms with Crippen molar-refractivity contribution in [2.45, 2.75) is 42.0 Å². The number of sulfone groups is 1. The summed E-state index contributed by atoms with van der Waals surface area (Å²) in [4.78, 5) is 45.9. The maximum atomic E-state index is 13.6. The van der Waals surface area contributed by atoms with E-state index in [1.165, 1.54) is 23.1 Å². The Morgan fingerprint density at radius 3 is 2.48 bits per heavy atom. The Balaban J connectivity index is 1.42. The van der Waals surface area contributed by atoms with E-state index in [2.05, 4.69) is 10.3 Å². The molecule has 0 radical (unpaired) electrons. The van der Waals surface area contributed by atoms with Gasteiger partial charge in [-0.15, -0.1) is 0 Å². The lowest BCUT2D eigenvalue weighted by molar-refractivity contribution is -0.125. The van der Waals surface area contributed by atoms with Crippen molar-refractivity contribution in [3.05, 3.63) is 95.3 Å². The lowest BCUT2D eigenvalue weighted by Gasteiger charge is -2.25. The van der Waals surface area contributed by atoms with E-state index in [0.29, 0.717) is 16.1 Å². The van der Waals surface area contributed by atoms with E-state index in [-0.39, 0.29) is 35.7 Å². The van der Waals surface area contributed by atoms with Gasteiger partial charge in [-0.2, -0.15) is 0 Å². The lowest BCUT2D eigenvalue weighted by Crippen LogP contribution is -2.50. The number of fused-ring (bicyclic) bond motifs is 1. The quantitative estimate of drug-likeness (QED) is 0.308. The van der Waals surface area contributed by atoms with E-state index in [4.69, 9.17) is 16.0 Å². The molecule has 1 saturated heterocycles. The van der Waals surface area contributed by atoms with Crippen molar-refractivity contribution in [1.29, 1.82) is 0 Å². The Morgan fingerprint density at radius 2 is 1.77 bits per heavy atom. The van der Waals surface area contributed by atoms with Crippen LogP contribution in [-0.4, -0.2) is 59.8 Å². The fourth-order valence-corrected chi connectivity index (χ4v) is 6.74. The number of hydrogen-bond acceptors (Lipinski definition) is 7. The van der Waals surface area contributed by atoms with Gasteiger partial charge in [-0.3, -0.25) is 14.4 Å². The highest BCUT2D eigenvalue weighted by Crippen LogP contribution is 2.30. The molecule has 4 aromatic rings. The number of hydrogen-bond donors (Lipinski definition) is 1. The average molecular weight is 580 g/mol. The molecular weight excluding hydrogens is 554 g/mol. The summed E-state index contributed by atoms with van der Waals surface area (Å²) in [5.74, 6) is -1.84. The number of likely N-dealkylation sites (tertiary alicyclic amines) is 1. The molecule has 3 atom stereocenters. The second-order valence-electron chi connectivity index (χ2n) is 9.52. The predicted molar refractivity (Wildman–Crippen MR) is 149 cm³/mol. The standard InChI is InChI=1S/C29H26ClN3O6S/c1-2-22(26(34)28-32-23-13-6-7-14-25(23)39-28)31-27(35)24-16-21(40(37,38)20-11-4-3-5-12-20)17-33(24)29(36)18-9-8-10-19(30)15-18/h3-15,21-22,24H,2,16-17H2,1H3,(H,31,35)/t21-,22?,24+/m1/s1. The third kappa shape index (κ3) is 5.37. The average Bonchev–Trinajstić information content (AvgIpc) is 3.61. The third-order valence-electron chi connectivity index (χ3n) is 6.95. The number of rotatable bonds is 8. The third-order valence-corrected chi connectivity index (χ3v) is 9.34. The first kappa shape index (κ1) is 27.5. The molecule has 1 aliphatic rings. The molecule has 206 valence electrons. The van der Waals surface area contributed by atoms with Gasteiger partial charge in [0.25, 0.3) is 11.8 Å². The number of para-hydroxylation sites is 2. The molecule has 2 heterocycles. The first-order chi connectivity index (χ1) is 19.2. The number of nitrogens with zero attached hydrogens (tertiary/aromatic N) is 2. The minimum Gasteiger partial charge on any atom is -0.434 e. The minimum atomic E-state index is -3.86.